The van der Waals surface area contributed by atoms with Gasteiger partial charge in [0, 0.05) is 23.5 Å². The van der Waals surface area contributed by atoms with Crippen LogP contribution in [-0.4, -0.2) is 19.3 Å². The zero-order valence-electron chi connectivity index (χ0n) is 13.7. The molecule has 0 unspecified atom stereocenters. The minimum Gasteiger partial charge on any atom is -0.472 e. The normalized spacial score (nSPS) is 12.0. The number of aryl methyl sites for hydroxylation is 1. The molecule has 0 saturated heterocycles. The molecule has 0 spiro atoms. The van der Waals surface area contributed by atoms with Crippen molar-refractivity contribution in [1.82, 2.24) is 4.31 Å². The SMILES string of the molecule is Cc1cc(S(=O)(=O)N(CCc2cccs2)Cc2ccoc2)ccc1F. The van der Waals surface area contributed by atoms with E-state index in [1.807, 2.05) is 17.5 Å². The summed E-state index contributed by atoms with van der Waals surface area (Å²) < 4.78 is 46.1. The number of halogens is 1. The smallest absolute Gasteiger partial charge is 0.243 e. The molecule has 3 aromatic rings. The van der Waals surface area contributed by atoms with Crippen molar-refractivity contribution in [2.45, 2.75) is 24.8 Å². The number of nitrogens with zero attached hydrogens (tertiary/aromatic N) is 1. The highest BCUT2D eigenvalue weighted by molar-refractivity contribution is 7.89. The highest BCUT2D eigenvalue weighted by Crippen LogP contribution is 2.22. The molecule has 0 aliphatic rings. The van der Waals surface area contributed by atoms with Gasteiger partial charge < -0.3 is 4.42 Å². The van der Waals surface area contributed by atoms with Crippen molar-refractivity contribution in [3.05, 3.63) is 76.1 Å². The molecular formula is C18H18FNO3S2. The van der Waals surface area contributed by atoms with Gasteiger partial charge in [0.1, 0.15) is 5.82 Å². The fourth-order valence-electron chi connectivity index (χ4n) is 2.49. The Morgan fingerprint density at radius 2 is 2.08 bits per heavy atom. The summed E-state index contributed by atoms with van der Waals surface area (Å²) in [5.41, 5.74) is 1.08. The van der Waals surface area contributed by atoms with Gasteiger partial charge in [0.25, 0.3) is 0 Å². The Hall–Kier alpha value is -1.96. The first-order valence-corrected chi connectivity index (χ1v) is 10.1. The van der Waals surface area contributed by atoms with E-state index in [4.69, 9.17) is 4.42 Å². The van der Waals surface area contributed by atoms with Crippen LogP contribution in [0.25, 0.3) is 0 Å². The van der Waals surface area contributed by atoms with Crippen molar-refractivity contribution < 1.29 is 17.2 Å². The lowest BCUT2D eigenvalue weighted by atomic mass is 10.2. The summed E-state index contributed by atoms with van der Waals surface area (Å²) in [6, 6.07) is 9.54. The van der Waals surface area contributed by atoms with Gasteiger partial charge in [-0.15, -0.1) is 11.3 Å². The fourth-order valence-corrected chi connectivity index (χ4v) is 4.70. The number of furan rings is 1. The minimum atomic E-state index is -3.74. The molecule has 0 saturated carbocycles. The van der Waals surface area contributed by atoms with Crippen molar-refractivity contribution in [2.75, 3.05) is 6.54 Å². The van der Waals surface area contributed by atoms with Crippen molar-refractivity contribution in [3.63, 3.8) is 0 Å². The van der Waals surface area contributed by atoms with Gasteiger partial charge in [-0.25, -0.2) is 12.8 Å². The highest BCUT2D eigenvalue weighted by Gasteiger charge is 2.25. The Bertz CT molecular complexity index is 919. The highest BCUT2D eigenvalue weighted by atomic mass is 32.2. The monoisotopic (exact) mass is 379 g/mol. The first kappa shape index (κ1) is 17.8. The van der Waals surface area contributed by atoms with Gasteiger partial charge in [0.15, 0.2) is 0 Å². The van der Waals surface area contributed by atoms with Gasteiger partial charge in [0.05, 0.1) is 17.4 Å². The Morgan fingerprint density at radius 1 is 1.24 bits per heavy atom. The second kappa shape index (κ2) is 7.51. The zero-order chi connectivity index (χ0) is 17.9. The largest absolute Gasteiger partial charge is 0.472 e. The lowest BCUT2D eigenvalue weighted by Gasteiger charge is -2.22. The molecule has 0 bridgehead atoms. The number of hydrogen-bond acceptors (Lipinski definition) is 4. The first-order chi connectivity index (χ1) is 12.0. The molecule has 132 valence electrons. The van der Waals surface area contributed by atoms with Crippen molar-refractivity contribution in [1.29, 1.82) is 0 Å². The van der Waals surface area contributed by atoms with E-state index in [9.17, 15) is 12.8 Å². The molecule has 0 N–H and O–H groups in total. The average Bonchev–Trinajstić information content (AvgIpc) is 3.27. The van der Waals surface area contributed by atoms with Crippen molar-refractivity contribution in [2.24, 2.45) is 0 Å². The third-order valence-corrected chi connectivity index (χ3v) is 6.67. The van der Waals surface area contributed by atoms with Crippen LogP contribution < -0.4 is 0 Å². The summed E-state index contributed by atoms with van der Waals surface area (Å²) in [7, 11) is -3.74. The Balaban J connectivity index is 1.89. The van der Waals surface area contributed by atoms with Crippen LogP contribution in [0.3, 0.4) is 0 Å². The van der Waals surface area contributed by atoms with Crippen LogP contribution in [0.2, 0.25) is 0 Å². The maximum absolute atomic E-state index is 13.5. The average molecular weight is 379 g/mol. The maximum atomic E-state index is 13.5. The predicted molar refractivity (Wildman–Crippen MR) is 95.5 cm³/mol. The molecule has 0 atom stereocenters. The van der Waals surface area contributed by atoms with Crippen LogP contribution in [0.15, 0.2) is 63.6 Å². The van der Waals surface area contributed by atoms with Gasteiger partial charge in [0.2, 0.25) is 10.0 Å². The molecule has 0 aliphatic heterocycles. The molecule has 0 radical (unpaired) electrons. The fraction of sp³-hybridized carbons (Fsp3) is 0.222. The zero-order valence-corrected chi connectivity index (χ0v) is 15.3. The van der Waals surface area contributed by atoms with E-state index in [1.165, 1.54) is 35.0 Å². The second-order valence-electron chi connectivity index (χ2n) is 5.71. The van der Waals surface area contributed by atoms with Crippen LogP contribution in [0.4, 0.5) is 4.39 Å². The predicted octanol–water partition coefficient (Wildman–Crippen LogP) is 4.22. The van der Waals surface area contributed by atoms with Crippen LogP contribution >= 0.6 is 11.3 Å². The van der Waals surface area contributed by atoms with Crippen LogP contribution in [0.1, 0.15) is 16.0 Å². The number of thiophene rings is 1. The topological polar surface area (TPSA) is 50.5 Å². The number of sulfonamides is 1. The van der Waals surface area contributed by atoms with Crippen LogP contribution in [0.5, 0.6) is 0 Å². The standard InChI is InChI=1S/C18H18FNO3S2/c1-14-11-17(4-5-18(14)19)25(21,22)20(12-15-7-9-23-13-15)8-6-16-3-2-10-24-16/h2-5,7,9-11,13H,6,8,12H2,1H3. The maximum Gasteiger partial charge on any atom is 0.243 e. The third kappa shape index (κ3) is 4.18. The Kier molecular flexibility index (Phi) is 5.36. The van der Waals surface area contributed by atoms with E-state index in [0.717, 1.165) is 10.4 Å². The second-order valence-corrected chi connectivity index (χ2v) is 8.68. The summed E-state index contributed by atoms with van der Waals surface area (Å²) in [5, 5.41) is 1.97. The van der Waals surface area contributed by atoms with E-state index in [1.54, 1.807) is 24.3 Å². The molecule has 2 heterocycles. The summed E-state index contributed by atoms with van der Waals surface area (Å²) in [6.07, 6.45) is 3.67. The molecule has 1 aromatic carbocycles. The number of hydrogen-bond donors (Lipinski definition) is 0. The van der Waals surface area contributed by atoms with E-state index < -0.39 is 15.8 Å². The molecule has 0 fully saturated rings. The molecule has 7 heteroatoms. The van der Waals surface area contributed by atoms with Gasteiger partial charge in [-0.3, -0.25) is 0 Å². The quantitative estimate of drug-likeness (QED) is 0.617. The van der Waals surface area contributed by atoms with E-state index >= 15 is 0 Å². The summed E-state index contributed by atoms with van der Waals surface area (Å²) in [6.45, 7) is 2.10. The van der Waals surface area contributed by atoms with Gasteiger partial charge in [-0.2, -0.15) is 4.31 Å². The summed E-state index contributed by atoms with van der Waals surface area (Å²) in [4.78, 5) is 1.21. The number of benzene rings is 1. The van der Waals surface area contributed by atoms with E-state index in [2.05, 4.69) is 0 Å². The van der Waals surface area contributed by atoms with Crippen LogP contribution in [-0.2, 0) is 23.0 Å². The summed E-state index contributed by atoms with van der Waals surface area (Å²) >= 11 is 1.59. The van der Waals surface area contributed by atoms with Gasteiger partial charge >= 0.3 is 0 Å². The molecule has 2 aromatic heterocycles. The first-order valence-electron chi connectivity index (χ1n) is 7.76. The van der Waals surface area contributed by atoms with Crippen molar-refractivity contribution in [3.8, 4) is 0 Å². The third-order valence-electron chi connectivity index (χ3n) is 3.89. The van der Waals surface area contributed by atoms with E-state index in [0.29, 0.717) is 18.5 Å². The lowest BCUT2D eigenvalue weighted by molar-refractivity contribution is 0.408. The summed E-state index contributed by atoms with van der Waals surface area (Å²) in [5.74, 6) is -0.418. The molecule has 4 nitrogen and oxygen atoms in total. The molecule has 25 heavy (non-hydrogen) atoms. The van der Waals surface area contributed by atoms with Crippen LogP contribution in [0, 0.1) is 12.7 Å². The van der Waals surface area contributed by atoms with Crippen molar-refractivity contribution >= 4 is 21.4 Å². The molecular weight excluding hydrogens is 361 g/mol. The van der Waals surface area contributed by atoms with E-state index in [-0.39, 0.29) is 11.4 Å². The molecule has 0 amide bonds. The molecule has 0 aliphatic carbocycles. The molecule has 3 rings (SSSR count). The van der Waals surface area contributed by atoms with Gasteiger partial charge in [-0.05, 0) is 54.6 Å². The van der Waals surface area contributed by atoms with Gasteiger partial charge in [-0.1, -0.05) is 6.07 Å². The minimum absolute atomic E-state index is 0.0982. The number of rotatable bonds is 7. The Morgan fingerprint density at radius 3 is 2.72 bits per heavy atom. The lowest BCUT2D eigenvalue weighted by Crippen LogP contribution is -2.32. The Labute approximate surface area is 150 Å².